The Labute approximate surface area is 124 Å². The minimum atomic E-state index is -0.459. The van der Waals surface area contributed by atoms with Crippen molar-refractivity contribution in [3.63, 3.8) is 0 Å². The maximum absolute atomic E-state index is 11.2. The standard InChI is InChI=1S/C13H22N6O2/c1-10(18-6-4-3-5-7-18)8-15-13-11(19(20)21)12(14-2)16-9-17-13/h9-10H,3-8H2,1-2H3,(H2,14,15,16,17). The van der Waals surface area contributed by atoms with E-state index >= 15 is 0 Å². The van der Waals surface area contributed by atoms with Gasteiger partial charge in [0.1, 0.15) is 6.33 Å². The number of anilines is 2. The van der Waals surface area contributed by atoms with Crippen molar-refractivity contribution in [3.05, 3.63) is 16.4 Å². The highest BCUT2D eigenvalue weighted by Crippen LogP contribution is 2.28. The van der Waals surface area contributed by atoms with E-state index in [1.165, 1.54) is 25.6 Å². The van der Waals surface area contributed by atoms with Gasteiger partial charge in [-0.05, 0) is 32.9 Å². The lowest BCUT2D eigenvalue weighted by Gasteiger charge is -2.32. The molecule has 1 aliphatic rings. The van der Waals surface area contributed by atoms with Crippen LogP contribution >= 0.6 is 0 Å². The summed E-state index contributed by atoms with van der Waals surface area (Å²) in [6.45, 7) is 4.94. The fourth-order valence-corrected chi connectivity index (χ4v) is 2.60. The molecule has 1 aliphatic heterocycles. The van der Waals surface area contributed by atoms with Crippen LogP contribution in [0.4, 0.5) is 17.3 Å². The van der Waals surface area contributed by atoms with E-state index in [0.717, 1.165) is 13.1 Å². The van der Waals surface area contributed by atoms with E-state index in [1.807, 2.05) is 0 Å². The van der Waals surface area contributed by atoms with Gasteiger partial charge in [0, 0.05) is 19.6 Å². The smallest absolute Gasteiger partial charge is 0.353 e. The number of nitrogens with zero attached hydrogens (tertiary/aromatic N) is 4. The lowest BCUT2D eigenvalue weighted by molar-refractivity contribution is -0.383. The van der Waals surface area contributed by atoms with Crippen LogP contribution < -0.4 is 10.6 Å². The number of rotatable bonds is 6. The third-order valence-electron chi connectivity index (χ3n) is 3.82. The maximum Gasteiger partial charge on any atom is 0.353 e. The van der Waals surface area contributed by atoms with Gasteiger partial charge in [0.25, 0.3) is 0 Å². The summed E-state index contributed by atoms with van der Waals surface area (Å²) in [6.07, 6.45) is 5.07. The SMILES string of the molecule is CNc1ncnc(NCC(C)N2CCCCC2)c1[N+](=O)[O-]. The van der Waals surface area contributed by atoms with Crippen LogP contribution in [0.15, 0.2) is 6.33 Å². The minimum absolute atomic E-state index is 0.106. The number of hydrogen-bond acceptors (Lipinski definition) is 7. The van der Waals surface area contributed by atoms with Crippen molar-refractivity contribution >= 4 is 17.3 Å². The van der Waals surface area contributed by atoms with Crippen molar-refractivity contribution in [2.24, 2.45) is 0 Å². The molecule has 1 aromatic rings. The van der Waals surface area contributed by atoms with Gasteiger partial charge in [0.2, 0.25) is 11.6 Å². The van der Waals surface area contributed by atoms with Gasteiger partial charge in [0.05, 0.1) is 4.92 Å². The lowest BCUT2D eigenvalue weighted by Crippen LogP contribution is -2.41. The maximum atomic E-state index is 11.2. The molecule has 8 nitrogen and oxygen atoms in total. The average Bonchev–Trinajstić information content (AvgIpc) is 2.52. The number of likely N-dealkylation sites (tertiary alicyclic amines) is 1. The fourth-order valence-electron chi connectivity index (χ4n) is 2.60. The normalized spacial score (nSPS) is 17.2. The van der Waals surface area contributed by atoms with Crippen molar-refractivity contribution in [1.82, 2.24) is 14.9 Å². The van der Waals surface area contributed by atoms with E-state index in [1.54, 1.807) is 7.05 Å². The van der Waals surface area contributed by atoms with E-state index in [2.05, 4.69) is 32.4 Å². The number of nitro groups is 1. The van der Waals surface area contributed by atoms with E-state index < -0.39 is 4.92 Å². The second-order valence-electron chi connectivity index (χ2n) is 5.25. The average molecular weight is 294 g/mol. The first-order valence-corrected chi connectivity index (χ1v) is 7.28. The lowest BCUT2D eigenvalue weighted by atomic mass is 10.1. The Balaban J connectivity index is 2.03. The fraction of sp³-hybridized carbons (Fsp3) is 0.692. The molecule has 0 aromatic carbocycles. The molecule has 1 atom stereocenters. The molecule has 0 amide bonds. The molecule has 1 unspecified atom stereocenters. The summed E-state index contributed by atoms with van der Waals surface area (Å²) in [6, 6.07) is 0.318. The summed E-state index contributed by atoms with van der Waals surface area (Å²) in [4.78, 5) is 21.0. The van der Waals surface area contributed by atoms with Gasteiger partial charge in [-0.3, -0.25) is 15.0 Å². The largest absolute Gasteiger partial charge is 0.367 e. The molecule has 0 radical (unpaired) electrons. The molecule has 8 heteroatoms. The molecule has 0 bridgehead atoms. The monoisotopic (exact) mass is 294 g/mol. The van der Waals surface area contributed by atoms with Crippen LogP contribution in [0, 0.1) is 10.1 Å². The number of aromatic nitrogens is 2. The van der Waals surface area contributed by atoms with Gasteiger partial charge in [-0.25, -0.2) is 9.97 Å². The van der Waals surface area contributed by atoms with E-state index in [4.69, 9.17) is 0 Å². The molecule has 1 fully saturated rings. The van der Waals surface area contributed by atoms with Crippen LogP contribution in [-0.2, 0) is 0 Å². The van der Waals surface area contributed by atoms with Gasteiger partial charge in [-0.15, -0.1) is 0 Å². The van der Waals surface area contributed by atoms with Crippen LogP contribution in [0.2, 0.25) is 0 Å². The van der Waals surface area contributed by atoms with E-state index in [0.29, 0.717) is 12.6 Å². The Morgan fingerprint density at radius 3 is 2.62 bits per heavy atom. The van der Waals surface area contributed by atoms with Gasteiger partial charge in [-0.2, -0.15) is 0 Å². The zero-order chi connectivity index (χ0) is 15.2. The first-order valence-electron chi connectivity index (χ1n) is 7.28. The van der Waals surface area contributed by atoms with Crippen molar-refractivity contribution < 1.29 is 4.92 Å². The Morgan fingerprint density at radius 2 is 2.00 bits per heavy atom. The summed E-state index contributed by atoms with van der Waals surface area (Å²) < 4.78 is 0. The highest BCUT2D eigenvalue weighted by Gasteiger charge is 2.23. The molecular weight excluding hydrogens is 272 g/mol. The molecule has 1 aromatic heterocycles. The molecule has 116 valence electrons. The Morgan fingerprint density at radius 1 is 1.33 bits per heavy atom. The Bertz CT molecular complexity index is 490. The molecule has 2 heterocycles. The summed E-state index contributed by atoms with van der Waals surface area (Å²) in [7, 11) is 1.61. The second-order valence-corrected chi connectivity index (χ2v) is 5.25. The Hall–Kier alpha value is -1.96. The highest BCUT2D eigenvalue weighted by molar-refractivity contribution is 5.68. The highest BCUT2D eigenvalue weighted by atomic mass is 16.6. The topological polar surface area (TPSA) is 96.2 Å². The molecule has 21 heavy (non-hydrogen) atoms. The van der Waals surface area contributed by atoms with Crippen molar-refractivity contribution in [3.8, 4) is 0 Å². The van der Waals surface area contributed by atoms with Crippen LogP contribution in [0.3, 0.4) is 0 Å². The van der Waals surface area contributed by atoms with Gasteiger partial charge >= 0.3 is 5.69 Å². The summed E-state index contributed by atoms with van der Waals surface area (Å²) >= 11 is 0. The van der Waals surface area contributed by atoms with Crippen LogP contribution in [0.25, 0.3) is 0 Å². The molecule has 0 saturated carbocycles. The zero-order valence-electron chi connectivity index (χ0n) is 12.5. The molecular formula is C13H22N6O2. The van der Waals surface area contributed by atoms with Crippen LogP contribution in [0.5, 0.6) is 0 Å². The predicted molar refractivity (Wildman–Crippen MR) is 81.6 cm³/mol. The summed E-state index contributed by atoms with van der Waals surface area (Å²) in [5, 5.41) is 17.0. The number of nitrogens with one attached hydrogen (secondary N) is 2. The summed E-state index contributed by atoms with van der Waals surface area (Å²) in [5.41, 5.74) is -0.106. The van der Waals surface area contributed by atoms with Crippen molar-refractivity contribution in [2.45, 2.75) is 32.2 Å². The van der Waals surface area contributed by atoms with Gasteiger partial charge in [-0.1, -0.05) is 6.42 Å². The first kappa shape index (κ1) is 15.4. The van der Waals surface area contributed by atoms with Crippen molar-refractivity contribution in [1.29, 1.82) is 0 Å². The molecule has 0 aliphatic carbocycles. The molecule has 2 N–H and O–H groups in total. The van der Waals surface area contributed by atoms with Gasteiger partial charge in [0.15, 0.2) is 0 Å². The molecule has 0 spiro atoms. The third-order valence-corrected chi connectivity index (χ3v) is 3.82. The molecule has 1 saturated heterocycles. The van der Waals surface area contributed by atoms with Crippen LogP contribution in [-0.4, -0.2) is 52.5 Å². The second kappa shape index (κ2) is 7.16. The van der Waals surface area contributed by atoms with E-state index in [-0.39, 0.29) is 17.3 Å². The number of piperidine rings is 1. The third kappa shape index (κ3) is 3.78. The quantitative estimate of drug-likeness (QED) is 0.609. The van der Waals surface area contributed by atoms with Crippen LogP contribution in [0.1, 0.15) is 26.2 Å². The summed E-state index contributed by atoms with van der Waals surface area (Å²) in [5.74, 6) is 0.492. The first-order chi connectivity index (χ1) is 10.1. The van der Waals surface area contributed by atoms with E-state index in [9.17, 15) is 10.1 Å². The minimum Gasteiger partial charge on any atom is -0.367 e. The predicted octanol–water partition coefficient (Wildman–Crippen LogP) is 1.71. The zero-order valence-corrected chi connectivity index (χ0v) is 12.5. The molecule has 2 rings (SSSR count). The van der Waals surface area contributed by atoms with Crippen molar-refractivity contribution in [2.75, 3.05) is 37.3 Å². The number of hydrogen-bond donors (Lipinski definition) is 2. The Kier molecular flexibility index (Phi) is 5.26. The van der Waals surface area contributed by atoms with Gasteiger partial charge < -0.3 is 10.6 Å².